The van der Waals surface area contributed by atoms with E-state index >= 15 is 0 Å². The van der Waals surface area contributed by atoms with Crippen LogP contribution in [0.15, 0.2) is 0 Å². The molecule has 0 radical (unpaired) electrons. The molecular weight excluding hydrogens is 243 g/mol. The fourth-order valence-electron chi connectivity index (χ4n) is 1.13. The molecule has 92 valence electrons. The molecule has 0 aliphatic heterocycles. The fraction of sp³-hybridized carbons (Fsp3) is 0.750. The summed E-state index contributed by atoms with van der Waals surface area (Å²) in [6.07, 6.45) is -4.52. The number of aromatic nitrogens is 2. The second-order valence-electron chi connectivity index (χ2n) is 3.41. The van der Waals surface area contributed by atoms with E-state index in [1.807, 2.05) is 13.8 Å². The maximum atomic E-state index is 12.3. The molecule has 1 N–H and O–H groups in total. The minimum Gasteiger partial charge on any atom is -0.395 e. The third-order valence-corrected chi connectivity index (χ3v) is 2.63. The molecule has 8 heteroatoms. The number of nitrogens with zero attached hydrogens (tertiary/aromatic N) is 3. The van der Waals surface area contributed by atoms with E-state index in [9.17, 15) is 13.2 Å². The largest absolute Gasteiger partial charge is 0.452 e. The van der Waals surface area contributed by atoms with Crippen LogP contribution in [0.5, 0.6) is 0 Å². The average Bonchev–Trinajstić information content (AvgIpc) is 2.61. The second kappa shape index (κ2) is 4.96. The Bertz CT molecular complexity index is 340. The first kappa shape index (κ1) is 13.2. The summed E-state index contributed by atoms with van der Waals surface area (Å²) in [6, 6.07) is -0.0406. The first-order chi connectivity index (χ1) is 7.36. The lowest BCUT2D eigenvalue weighted by atomic mass is 10.3. The van der Waals surface area contributed by atoms with Gasteiger partial charge >= 0.3 is 6.18 Å². The van der Waals surface area contributed by atoms with Crippen molar-refractivity contribution in [3.63, 3.8) is 0 Å². The summed E-state index contributed by atoms with van der Waals surface area (Å²) in [5.74, 6) is -1.13. The lowest BCUT2D eigenvalue weighted by Gasteiger charge is -2.24. The van der Waals surface area contributed by atoms with E-state index in [1.54, 1.807) is 4.90 Å². The summed E-state index contributed by atoms with van der Waals surface area (Å²) in [7, 11) is 0. The number of hydrogen-bond donors (Lipinski definition) is 1. The SMILES string of the molecule is CC(C)N(CCO)c1nc(C(F)(F)F)ns1. The van der Waals surface area contributed by atoms with Gasteiger partial charge in [-0.25, -0.2) is 0 Å². The van der Waals surface area contributed by atoms with Crippen LogP contribution in [0.25, 0.3) is 0 Å². The van der Waals surface area contributed by atoms with E-state index < -0.39 is 12.0 Å². The van der Waals surface area contributed by atoms with Crippen molar-refractivity contribution in [3.8, 4) is 0 Å². The highest BCUT2D eigenvalue weighted by atomic mass is 32.1. The molecule has 1 rings (SSSR count). The van der Waals surface area contributed by atoms with Gasteiger partial charge in [-0.2, -0.15) is 22.5 Å². The van der Waals surface area contributed by atoms with Gasteiger partial charge in [0.1, 0.15) is 0 Å². The highest BCUT2D eigenvalue weighted by Gasteiger charge is 2.36. The Kier molecular flexibility index (Phi) is 4.09. The number of aliphatic hydroxyl groups excluding tert-OH is 1. The highest BCUT2D eigenvalue weighted by Crippen LogP contribution is 2.30. The molecule has 0 bridgehead atoms. The van der Waals surface area contributed by atoms with E-state index in [1.165, 1.54) is 0 Å². The molecule has 0 amide bonds. The molecule has 0 aliphatic carbocycles. The normalized spacial score (nSPS) is 12.2. The number of rotatable bonds is 4. The van der Waals surface area contributed by atoms with Gasteiger partial charge in [-0.1, -0.05) is 0 Å². The lowest BCUT2D eigenvalue weighted by molar-refractivity contribution is -0.144. The highest BCUT2D eigenvalue weighted by molar-refractivity contribution is 7.09. The molecule has 0 atom stereocenters. The summed E-state index contributed by atoms with van der Waals surface area (Å²) in [5, 5.41) is 8.98. The standard InChI is InChI=1S/C8H12F3N3OS/c1-5(2)14(3-4-15)7-12-6(13-16-7)8(9,10)11/h5,15H,3-4H2,1-2H3. The summed E-state index contributed by atoms with van der Waals surface area (Å²) in [4.78, 5) is 5.00. The van der Waals surface area contributed by atoms with Gasteiger partial charge in [-0.15, -0.1) is 0 Å². The summed E-state index contributed by atoms with van der Waals surface area (Å²) in [5.41, 5.74) is 0. The third-order valence-electron chi connectivity index (χ3n) is 1.88. The topological polar surface area (TPSA) is 49.2 Å². The van der Waals surface area contributed by atoms with Crippen molar-refractivity contribution in [1.29, 1.82) is 0 Å². The number of halogens is 3. The third kappa shape index (κ3) is 3.05. The van der Waals surface area contributed by atoms with Crippen molar-refractivity contribution in [3.05, 3.63) is 5.82 Å². The Morgan fingerprint density at radius 1 is 1.44 bits per heavy atom. The quantitative estimate of drug-likeness (QED) is 0.890. The molecular formula is C8H12F3N3OS. The predicted molar refractivity (Wildman–Crippen MR) is 54.5 cm³/mol. The van der Waals surface area contributed by atoms with E-state index in [0.717, 1.165) is 0 Å². The molecule has 0 aromatic carbocycles. The first-order valence-electron chi connectivity index (χ1n) is 4.64. The lowest BCUT2D eigenvalue weighted by Crippen LogP contribution is -2.33. The number of anilines is 1. The maximum Gasteiger partial charge on any atom is 0.452 e. The van der Waals surface area contributed by atoms with Crippen LogP contribution in [0, 0.1) is 0 Å². The molecule has 1 aromatic rings. The van der Waals surface area contributed by atoms with Crippen molar-refractivity contribution < 1.29 is 18.3 Å². The molecule has 0 saturated heterocycles. The Hall–Kier alpha value is -0.890. The molecule has 0 unspecified atom stereocenters. The Morgan fingerprint density at radius 2 is 2.06 bits per heavy atom. The van der Waals surface area contributed by atoms with Crippen LogP contribution in [0.4, 0.5) is 18.3 Å². The number of alkyl halides is 3. The van der Waals surface area contributed by atoms with Crippen molar-refractivity contribution in [2.24, 2.45) is 0 Å². The van der Waals surface area contributed by atoms with Gasteiger partial charge in [-0.3, -0.25) is 0 Å². The van der Waals surface area contributed by atoms with Crippen LogP contribution in [0.1, 0.15) is 19.7 Å². The molecule has 0 aliphatic rings. The van der Waals surface area contributed by atoms with Gasteiger partial charge in [0.2, 0.25) is 11.0 Å². The second-order valence-corrected chi connectivity index (χ2v) is 4.14. The minimum atomic E-state index is -4.52. The van der Waals surface area contributed by atoms with E-state index in [4.69, 9.17) is 5.11 Å². The van der Waals surface area contributed by atoms with Crippen LogP contribution >= 0.6 is 11.5 Å². The molecule has 1 aromatic heterocycles. The van der Waals surface area contributed by atoms with E-state index in [-0.39, 0.29) is 24.3 Å². The zero-order valence-electron chi connectivity index (χ0n) is 8.82. The van der Waals surface area contributed by atoms with Gasteiger partial charge in [0.05, 0.1) is 6.61 Å². The Morgan fingerprint density at radius 3 is 2.44 bits per heavy atom. The van der Waals surface area contributed by atoms with Gasteiger partial charge in [0, 0.05) is 24.1 Å². The van der Waals surface area contributed by atoms with Gasteiger partial charge in [0.15, 0.2) is 0 Å². The first-order valence-corrected chi connectivity index (χ1v) is 5.42. The van der Waals surface area contributed by atoms with Gasteiger partial charge < -0.3 is 10.0 Å². The van der Waals surface area contributed by atoms with Crippen molar-refractivity contribution in [1.82, 2.24) is 9.36 Å². The van der Waals surface area contributed by atoms with Crippen LogP contribution in [-0.2, 0) is 6.18 Å². The average molecular weight is 255 g/mol. The zero-order valence-corrected chi connectivity index (χ0v) is 9.64. The Labute approximate surface area is 94.9 Å². The molecule has 16 heavy (non-hydrogen) atoms. The maximum absolute atomic E-state index is 12.3. The number of hydrogen-bond acceptors (Lipinski definition) is 5. The van der Waals surface area contributed by atoms with Crippen LogP contribution in [-0.4, -0.2) is 33.7 Å². The smallest absolute Gasteiger partial charge is 0.395 e. The molecule has 0 saturated carbocycles. The molecule has 4 nitrogen and oxygen atoms in total. The van der Waals surface area contributed by atoms with Crippen LogP contribution < -0.4 is 4.90 Å². The summed E-state index contributed by atoms with van der Waals surface area (Å²) < 4.78 is 40.1. The molecule has 0 fully saturated rings. The minimum absolute atomic E-state index is 0.0406. The monoisotopic (exact) mass is 255 g/mol. The number of aliphatic hydroxyl groups is 1. The molecule has 0 spiro atoms. The van der Waals surface area contributed by atoms with Crippen LogP contribution in [0.3, 0.4) is 0 Å². The fourth-order valence-corrected chi connectivity index (χ4v) is 1.98. The summed E-state index contributed by atoms with van der Waals surface area (Å²) in [6.45, 7) is 3.72. The van der Waals surface area contributed by atoms with Crippen molar-refractivity contribution >= 4 is 16.7 Å². The van der Waals surface area contributed by atoms with Gasteiger partial charge in [0.25, 0.3) is 0 Å². The van der Waals surface area contributed by atoms with Gasteiger partial charge in [-0.05, 0) is 13.8 Å². The zero-order chi connectivity index (χ0) is 12.3. The van der Waals surface area contributed by atoms with Crippen molar-refractivity contribution in [2.45, 2.75) is 26.1 Å². The predicted octanol–water partition coefficient (Wildman–Crippen LogP) is 1.76. The van der Waals surface area contributed by atoms with Crippen LogP contribution in [0.2, 0.25) is 0 Å². The summed E-state index contributed by atoms with van der Waals surface area (Å²) >= 11 is 0.687. The molecule has 1 heterocycles. The van der Waals surface area contributed by atoms with Crippen molar-refractivity contribution in [2.75, 3.05) is 18.1 Å². The van der Waals surface area contributed by atoms with E-state index in [0.29, 0.717) is 11.5 Å². The van der Waals surface area contributed by atoms with E-state index in [2.05, 4.69) is 9.36 Å². The Balaban J connectivity index is 2.90.